The Kier molecular flexibility index (Phi) is 5.80. The van der Waals surface area contributed by atoms with Crippen LogP contribution in [0.5, 0.6) is 0 Å². The van der Waals surface area contributed by atoms with Gasteiger partial charge in [0.1, 0.15) is 5.82 Å². The first-order valence-electron chi connectivity index (χ1n) is 7.40. The highest BCUT2D eigenvalue weighted by atomic mass is 35.5. The minimum absolute atomic E-state index is 0.178. The Balaban J connectivity index is 1.80. The van der Waals surface area contributed by atoms with Crippen LogP contribution in [0.3, 0.4) is 0 Å². The third kappa shape index (κ3) is 4.85. The molecule has 0 radical (unpaired) electrons. The Hall–Kier alpha value is -1.35. The zero-order valence-electron chi connectivity index (χ0n) is 11.9. The number of aliphatic carboxylic acids is 1. The van der Waals surface area contributed by atoms with Gasteiger partial charge in [0.05, 0.1) is 5.02 Å². The molecule has 1 aliphatic rings. The van der Waals surface area contributed by atoms with Gasteiger partial charge >= 0.3 is 5.97 Å². The van der Waals surface area contributed by atoms with Crippen LogP contribution in [0.15, 0.2) is 30.4 Å². The highest BCUT2D eigenvalue weighted by molar-refractivity contribution is 6.30. The largest absolute Gasteiger partial charge is 0.478 e. The van der Waals surface area contributed by atoms with Gasteiger partial charge in [-0.25, -0.2) is 9.18 Å². The number of benzene rings is 1. The molecule has 0 heterocycles. The molecule has 21 heavy (non-hydrogen) atoms. The van der Waals surface area contributed by atoms with Gasteiger partial charge in [-0.3, -0.25) is 0 Å². The molecule has 0 spiro atoms. The van der Waals surface area contributed by atoms with E-state index in [-0.39, 0.29) is 10.8 Å². The Bertz CT molecular complexity index is 520. The van der Waals surface area contributed by atoms with Crippen molar-refractivity contribution in [1.82, 2.24) is 0 Å². The van der Waals surface area contributed by atoms with Crippen LogP contribution in [0, 0.1) is 11.7 Å². The van der Waals surface area contributed by atoms with Crippen molar-refractivity contribution in [2.45, 2.75) is 44.4 Å². The van der Waals surface area contributed by atoms with Gasteiger partial charge in [-0.2, -0.15) is 0 Å². The predicted octanol–water partition coefficient (Wildman–Crippen LogP) is 5.17. The fourth-order valence-electron chi connectivity index (χ4n) is 3.07. The predicted molar refractivity (Wildman–Crippen MR) is 82.1 cm³/mol. The number of halogens is 2. The SMILES string of the molecule is O=C(O)/C=C/CC[C@H]1CC[C@H](c2ccc(Cl)c(F)c2)CC1. The van der Waals surface area contributed by atoms with E-state index >= 15 is 0 Å². The second-order valence-electron chi connectivity index (χ2n) is 5.71. The summed E-state index contributed by atoms with van der Waals surface area (Å²) >= 11 is 5.71. The fraction of sp³-hybridized carbons (Fsp3) is 0.471. The molecule has 1 N–H and O–H groups in total. The topological polar surface area (TPSA) is 37.3 Å². The van der Waals surface area contributed by atoms with Crippen molar-refractivity contribution in [3.05, 3.63) is 46.8 Å². The Morgan fingerprint density at radius 2 is 2.05 bits per heavy atom. The van der Waals surface area contributed by atoms with Gasteiger partial charge in [0, 0.05) is 6.08 Å². The summed E-state index contributed by atoms with van der Waals surface area (Å²) in [5.41, 5.74) is 1.04. The lowest BCUT2D eigenvalue weighted by molar-refractivity contribution is -0.131. The van der Waals surface area contributed by atoms with Crippen molar-refractivity contribution >= 4 is 17.6 Å². The molecule has 2 rings (SSSR count). The molecule has 1 aromatic carbocycles. The maximum atomic E-state index is 13.5. The molecule has 0 atom stereocenters. The maximum absolute atomic E-state index is 13.5. The number of carboxylic acids is 1. The second kappa shape index (κ2) is 7.60. The lowest BCUT2D eigenvalue weighted by Crippen LogP contribution is -2.13. The molecule has 1 fully saturated rings. The highest BCUT2D eigenvalue weighted by Crippen LogP contribution is 2.38. The molecule has 1 aliphatic carbocycles. The van der Waals surface area contributed by atoms with E-state index < -0.39 is 5.97 Å². The first-order valence-corrected chi connectivity index (χ1v) is 7.78. The molecule has 0 aliphatic heterocycles. The second-order valence-corrected chi connectivity index (χ2v) is 6.12. The van der Waals surface area contributed by atoms with E-state index in [0.29, 0.717) is 11.8 Å². The summed E-state index contributed by atoms with van der Waals surface area (Å²) in [7, 11) is 0. The zero-order chi connectivity index (χ0) is 15.2. The van der Waals surface area contributed by atoms with Crippen LogP contribution >= 0.6 is 11.6 Å². The summed E-state index contributed by atoms with van der Waals surface area (Å²) in [5, 5.41) is 8.70. The maximum Gasteiger partial charge on any atom is 0.327 e. The van der Waals surface area contributed by atoms with E-state index in [1.54, 1.807) is 18.2 Å². The normalized spacial score (nSPS) is 22.6. The van der Waals surface area contributed by atoms with Crippen molar-refractivity contribution < 1.29 is 14.3 Å². The molecule has 0 aromatic heterocycles. The van der Waals surface area contributed by atoms with Crippen molar-refractivity contribution in [1.29, 1.82) is 0 Å². The van der Waals surface area contributed by atoms with Crippen LogP contribution < -0.4 is 0 Å². The molecule has 0 unspecified atom stereocenters. The molecular weight excluding hydrogens is 291 g/mol. The van der Waals surface area contributed by atoms with Crippen LogP contribution in [0.4, 0.5) is 4.39 Å². The molecule has 114 valence electrons. The molecule has 4 heteroatoms. The van der Waals surface area contributed by atoms with Crippen LogP contribution in [0.2, 0.25) is 5.02 Å². The summed E-state index contributed by atoms with van der Waals surface area (Å²) in [5.74, 6) is -0.155. The van der Waals surface area contributed by atoms with Gasteiger partial charge in [-0.1, -0.05) is 23.7 Å². The highest BCUT2D eigenvalue weighted by Gasteiger charge is 2.22. The minimum atomic E-state index is -0.886. The van der Waals surface area contributed by atoms with E-state index in [2.05, 4.69) is 0 Å². The van der Waals surface area contributed by atoms with E-state index in [9.17, 15) is 9.18 Å². The Labute approximate surface area is 129 Å². The average molecular weight is 311 g/mol. The molecule has 0 bridgehead atoms. The molecule has 1 saturated carbocycles. The number of carboxylic acid groups (broad SMARTS) is 1. The summed E-state index contributed by atoms with van der Waals surface area (Å²) < 4.78 is 13.5. The lowest BCUT2D eigenvalue weighted by atomic mass is 9.77. The van der Waals surface area contributed by atoms with Crippen molar-refractivity contribution in [2.24, 2.45) is 5.92 Å². The number of hydrogen-bond donors (Lipinski definition) is 1. The fourth-order valence-corrected chi connectivity index (χ4v) is 3.18. The summed E-state index contributed by atoms with van der Waals surface area (Å²) in [6.07, 6.45) is 9.15. The van der Waals surface area contributed by atoms with Gasteiger partial charge in [0.2, 0.25) is 0 Å². The Morgan fingerprint density at radius 1 is 1.33 bits per heavy atom. The average Bonchev–Trinajstić information content (AvgIpc) is 2.47. The minimum Gasteiger partial charge on any atom is -0.478 e. The van der Waals surface area contributed by atoms with Crippen molar-refractivity contribution in [3.63, 3.8) is 0 Å². The number of carbonyl (C=O) groups is 1. The summed E-state index contributed by atoms with van der Waals surface area (Å²) in [4.78, 5) is 10.4. The van der Waals surface area contributed by atoms with Crippen LogP contribution in [-0.2, 0) is 4.79 Å². The van der Waals surface area contributed by atoms with E-state index in [1.165, 1.54) is 6.08 Å². The summed E-state index contributed by atoms with van der Waals surface area (Å²) in [6, 6.07) is 5.12. The molecule has 2 nitrogen and oxygen atoms in total. The van der Waals surface area contributed by atoms with Gasteiger partial charge in [0.25, 0.3) is 0 Å². The van der Waals surface area contributed by atoms with E-state index in [0.717, 1.165) is 44.1 Å². The molecule has 0 amide bonds. The smallest absolute Gasteiger partial charge is 0.327 e. The van der Waals surface area contributed by atoms with Crippen LogP contribution in [0.25, 0.3) is 0 Å². The lowest BCUT2D eigenvalue weighted by Gasteiger charge is -2.28. The van der Waals surface area contributed by atoms with Crippen molar-refractivity contribution in [2.75, 3.05) is 0 Å². The van der Waals surface area contributed by atoms with Gasteiger partial charge in [-0.05, 0) is 68.1 Å². The monoisotopic (exact) mass is 310 g/mol. The first-order chi connectivity index (χ1) is 10.1. The number of hydrogen-bond acceptors (Lipinski definition) is 1. The third-order valence-electron chi connectivity index (χ3n) is 4.26. The number of rotatable bonds is 5. The van der Waals surface area contributed by atoms with E-state index in [1.807, 2.05) is 6.07 Å². The van der Waals surface area contributed by atoms with Crippen molar-refractivity contribution in [3.8, 4) is 0 Å². The first kappa shape index (κ1) is 16.0. The zero-order valence-corrected chi connectivity index (χ0v) is 12.7. The van der Waals surface area contributed by atoms with Gasteiger partial charge in [0.15, 0.2) is 0 Å². The van der Waals surface area contributed by atoms with Crippen LogP contribution in [-0.4, -0.2) is 11.1 Å². The quantitative estimate of drug-likeness (QED) is 0.761. The van der Waals surface area contributed by atoms with Gasteiger partial charge in [-0.15, -0.1) is 0 Å². The molecular formula is C17H20ClFO2. The molecule has 0 saturated heterocycles. The summed E-state index contributed by atoms with van der Waals surface area (Å²) in [6.45, 7) is 0. The molecule has 1 aromatic rings. The van der Waals surface area contributed by atoms with Gasteiger partial charge < -0.3 is 5.11 Å². The third-order valence-corrected chi connectivity index (χ3v) is 4.57. The van der Waals surface area contributed by atoms with E-state index in [4.69, 9.17) is 16.7 Å². The standard InChI is InChI=1S/C17H20ClFO2/c18-15-10-9-14(11-16(15)19)13-7-5-12(6-8-13)3-1-2-4-17(20)21/h2,4,9-13H,1,3,5-8H2,(H,20,21)/b4-2+/t12-,13-. The van der Waals surface area contributed by atoms with Crippen LogP contribution in [0.1, 0.15) is 50.0 Å². The number of allylic oxidation sites excluding steroid dienone is 1. The Morgan fingerprint density at radius 3 is 2.67 bits per heavy atom.